The normalized spacial score (nSPS) is 11.1. The molecule has 0 aliphatic heterocycles. The molecule has 0 unspecified atom stereocenters. The van der Waals surface area contributed by atoms with Gasteiger partial charge in [-0.25, -0.2) is 8.42 Å². The fraction of sp³-hybridized carbons (Fsp3) is 0.111. The second kappa shape index (κ2) is 8.51. The van der Waals surface area contributed by atoms with Gasteiger partial charge < -0.3 is 20.2 Å². The predicted octanol–water partition coefficient (Wildman–Crippen LogP) is 2.92. The maximum Gasteiger partial charge on any atom is 0.389 e. The quantitative estimate of drug-likeness (QED) is 0.432. The average molecular weight is 451 g/mol. The molecule has 2 aromatic carbocycles. The van der Waals surface area contributed by atoms with E-state index in [0.29, 0.717) is 5.02 Å². The first-order valence-electron chi connectivity index (χ1n) is 8.36. The van der Waals surface area contributed by atoms with Crippen molar-refractivity contribution in [3.05, 3.63) is 69.9 Å². The lowest BCUT2D eigenvalue weighted by atomic mass is 10.3. The van der Waals surface area contributed by atoms with E-state index in [4.69, 9.17) is 16.3 Å². The molecule has 0 atom stereocenters. The fourth-order valence-corrected chi connectivity index (χ4v) is 4.00. The van der Waals surface area contributed by atoms with Gasteiger partial charge in [-0.05, 0) is 41.3 Å². The topological polar surface area (TPSA) is 133 Å². The molecule has 1 N–H and O–H groups in total. The molecule has 3 rings (SSSR count). The summed E-state index contributed by atoms with van der Waals surface area (Å²) >= 11 is 5.82. The van der Waals surface area contributed by atoms with Crippen molar-refractivity contribution >= 4 is 38.9 Å². The molecule has 0 radical (unpaired) electrons. The van der Waals surface area contributed by atoms with E-state index >= 15 is 0 Å². The van der Waals surface area contributed by atoms with E-state index in [1.54, 1.807) is 0 Å². The Bertz CT molecular complexity index is 1210. The van der Waals surface area contributed by atoms with Crippen LogP contribution in [-0.4, -0.2) is 36.1 Å². The van der Waals surface area contributed by atoms with Crippen LogP contribution in [-0.2, 0) is 21.2 Å². The third-order valence-corrected chi connectivity index (χ3v) is 5.95. The van der Waals surface area contributed by atoms with Gasteiger partial charge in [0.15, 0.2) is 0 Å². The number of carbonyl (C=O) groups is 1. The van der Waals surface area contributed by atoms with E-state index in [2.05, 4.69) is 10.4 Å². The van der Waals surface area contributed by atoms with Crippen molar-refractivity contribution in [2.75, 3.05) is 12.4 Å². The van der Waals surface area contributed by atoms with Crippen LogP contribution < -0.4 is 10.1 Å². The Labute approximate surface area is 176 Å². The van der Waals surface area contributed by atoms with Crippen molar-refractivity contribution in [3.63, 3.8) is 0 Å². The van der Waals surface area contributed by atoms with Gasteiger partial charge in [0.05, 0.1) is 34.3 Å². The Kier molecular flexibility index (Phi) is 6.04. The molecule has 10 nitrogen and oxygen atoms in total. The van der Waals surface area contributed by atoms with E-state index in [0.717, 1.165) is 10.7 Å². The number of carbonyl (C=O) groups excluding carboxylic acids is 1. The zero-order valence-electron chi connectivity index (χ0n) is 15.5. The molecule has 0 bridgehead atoms. The Morgan fingerprint density at radius 1 is 1.20 bits per heavy atom. The van der Waals surface area contributed by atoms with Gasteiger partial charge in [0.2, 0.25) is 15.7 Å². The van der Waals surface area contributed by atoms with Crippen LogP contribution in [0.1, 0.15) is 0 Å². The monoisotopic (exact) mass is 450 g/mol. The van der Waals surface area contributed by atoms with Crippen molar-refractivity contribution in [3.8, 4) is 5.75 Å². The first kappa shape index (κ1) is 21.3. The van der Waals surface area contributed by atoms with Crippen LogP contribution in [0.15, 0.2) is 64.5 Å². The van der Waals surface area contributed by atoms with Gasteiger partial charge in [0.1, 0.15) is 12.3 Å². The number of benzene rings is 2. The molecule has 0 spiro atoms. The minimum atomic E-state index is -3.89. The Morgan fingerprint density at radius 3 is 2.50 bits per heavy atom. The number of hydrogen-bond acceptors (Lipinski definition) is 7. The van der Waals surface area contributed by atoms with Crippen LogP contribution in [0.3, 0.4) is 0 Å². The van der Waals surface area contributed by atoms with E-state index < -0.39 is 20.7 Å². The maximum atomic E-state index is 12.9. The van der Waals surface area contributed by atoms with Crippen LogP contribution in [0.2, 0.25) is 5.02 Å². The molecule has 0 fully saturated rings. The lowest BCUT2D eigenvalue weighted by molar-refractivity contribution is -0.389. The summed E-state index contributed by atoms with van der Waals surface area (Å²) in [5, 5.41) is 17.3. The molecule has 1 heterocycles. The SMILES string of the molecule is COc1cc(NC(=O)Cn2ccc([N+](=O)[O-])n2)cc(S(=O)(=O)c2ccc(Cl)cc2)c1. The highest BCUT2D eigenvalue weighted by Crippen LogP contribution is 2.29. The predicted molar refractivity (Wildman–Crippen MR) is 107 cm³/mol. The van der Waals surface area contributed by atoms with Gasteiger partial charge in [-0.2, -0.15) is 4.68 Å². The highest BCUT2D eigenvalue weighted by atomic mass is 35.5. The third-order valence-electron chi connectivity index (χ3n) is 3.95. The number of halogens is 1. The van der Waals surface area contributed by atoms with Crippen molar-refractivity contribution < 1.29 is 22.9 Å². The van der Waals surface area contributed by atoms with Gasteiger partial charge in [0.25, 0.3) is 0 Å². The summed E-state index contributed by atoms with van der Waals surface area (Å²) in [6.45, 7) is -0.301. The second-order valence-electron chi connectivity index (χ2n) is 6.03. The number of nitrogens with one attached hydrogen (secondary N) is 1. The van der Waals surface area contributed by atoms with Crippen LogP contribution in [0.25, 0.3) is 0 Å². The fourth-order valence-electron chi connectivity index (χ4n) is 2.55. The van der Waals surface area contributed by atoms with Crippen molar-refractivity contribution in [2.45, 2.75) is 16.3 Å². The van der Waals surface area contributed by atoms with Crippen LogP contribution in [0, 0.1) is 10.1 Å². The average Bonchev–Trinajstić information content (AvgIpc) is 3.16. The Hall–Kier alpha value is -3.44. The summed E-state index contributed by atoms with van der Waals surface area (Å²) in [7, 11) is -2.53. The van der Waals surface area contributed by atoms with Crippen LogP contribution >= 0.6 is 11.6 Å². The summed E-state index contributed by atoms with van der Waals surface area (Å²) in [5.74, 6) is -0.730. The maximum absolute atomic E-state index is 12.9. The molecule has 0 saturated heterocycles. The summed E-state index contributed by atoms with van der Waals surface area (Å²) in [6.07, 6.45) is 1.29. The molecule has 12 heteroatoms. The molecular formula is C18H15ClN4O6S. The highest BCUT2D eigenvalue weighted by Gasteiger charge is 2.20. The number of sulfone groups is 1. The first-order chi connectivity index (χ1) is 14.2. The minimum Gasteiger partial charge on any atom is -0.497 e. The molecule has 156 valence electrons. The minimum absolute atomic E-state index is 0.0290. The number of anilines is 1. The number of methoxy groups -OCH3 is 1. The third kappa shape index (κ3) is 4.75. The van der Waals surface area contributed by atoms with Gasteiger partial charge in [-0.15, -0.1) is 0 Å². The molecule has 1 aromatic heterocycles. The second-order valence-corrected chi connectivity index (χ2v) is 8.42. The molecule has 30 heavy (non-hydrogen) atoms. The number of aromatic nitrogens is 2. The number of amides is 1. The zero-order valence-corrected chi connectivity index (χ0v) is 17.1. The summed E-state index contributed by atoms with van der Waals surface area (Å²) < 4.78 is 32.1. The number of ether oxygens (including phenoxy) is 1. The standard InChI is InChI=1S/C18H15ClN4O6S/c1-29-14-8-13(20-18(24)11-22-7-6-17(21-22)23(25)26)9-16(10-14)30(27,28)15-4-2-12(19)3-5-15/h2-10H,11H2,1H3,(H,20,24). The number of nitro groups is 1. The van der Waals surface area contributed by atoms with E-state index in [-0.39, 0.29) is 33.6 Å². The summed E-state index contributed by atoms with van der Waals surface area (Å²) in [4.78, 5) is 22.2. The summed E-state index contributed by atoms with van der Waals surface area (Å²) in [5.41, 5.74) is 0.175. The summed E-state index contributed by atoms with van der Waals surface area (Å²) in [6, 6.07) is 10.9. The number of nitrogens with zero attached hydrogens (tertiary/aromatic N) is 3. The highest BCUT2D eigenvalue weighted by molar-refractivity contribution is 7.91. The van der Waals surface area contributed by atoms with E-state index in [1.807, 2.05) is 0 Å². The van der Waals surface area contributed by atoms with Crippen LogP contribution in [0.5, 0.6) is 5.75 Å². The number of rotatable bonds is 7. The molecular weight excluding hydrogens is 436 g/mol. The van der Waals surface area contributed by atoms with E-state index in [1.165, 1.54) is 55.8 Å². The number of hydrogen-bond donors (Lipinski definition) is 1. The molecule has 0 saturated carbocycles. The van der Waals surface area contributed by atoms with Crippen molar-refractivity contribution in [2.24, 2.45) is 0 Å². The van der Waals surface area contributed by atoms with E-state index in [9.17, 15) is 23.3 Å². The molecule has 0 aliphatic rings. The Morgan fingerprint density at radius 2 is 1.90 bits per heavy atom. The van der Waals surface area contributed by atoms with Crippen LogP contribution in [0.4, 0.5) is 11.5 Å². The van der Waals surface area contributed by atoms with Gasteiger partial charge in [0, 0.05) is 16.8 Å². The molecule has 0 aliphatic carbocycles. The first-order valence-corrected chi connectivity index (χ1v) is 10.2. The largest absolute Gasteiger partial charge is 0.497 e. The lowest BCUT2D eigenvalue weighted by Crippen LogP contribution is -2.19. The van der Waals surface area contributed by atoms with Gasteiger partial charge >= 0.3 is 5.82 Å². The van der Waals surface area contributed by atoms with Crippen molar-refractivity contribution in [1.82, 2.24) is 9.78 Å². The molecule has 1 amide bonds. The smallest absolute Gasteiger partial charge is 0.389 e. The molecule has 3 aromatic rings. The van der Waals surface area contributed by atoms with Crippen molar-refractivity contribution in [1.29, 1.82) is 0 Å². The van der Waals surface area contributed by atoms with Gasteiger partial charge in [-0.3, -0.25) is 4.79 Å². The zero-order chi connectivity index (χ0) is 21.9. The lowest BCUT2D eigenvalue weighted by Gasteiger charge is -2.11. The Balaban J connectivity index is 1.85. The van der Waals surface area contributed by atoms with Gasteiger partial charge in [-0.1, -0.05) is 11.6 Å².